The molecule has 0 spiro atoms. The van der Waals surface area contributed by atoms with Crippen molar-refractivity contribution in [2.24, 2.45) is 5.41 Å². The van der Waals surface area contributed by atoms with Gasteiger partial charge in [0, 0.05) is 6.61 Å². The smallest absolute Gasteiger partial charge is 0.186 e. The molecule has 1 rings (SSSR count). The second-order valence-electron chi connectivity index (χ2n) is 12.3. The first-order valence-corrected chi connectivity index (χ1v) is 17.4. The Kier molecular flexibility index (Phi) is 27.0. The molecule has 45 heavy (non-hydrogen) atoms. The van der Waals surface area contributed by atoms with Crippen molar-refractivity contribution >= 4 is 0 Å². The van der Waals surface area contributed by atoms with Crippen molar-refractivity contribution in [3.8, 4) is 0 Å². The zero-order chi connectivity index (χ0) is 33.0. The van der Waals surface area contributed by atoms with Gasteiger partial charge in [-0.05, 0) is 6.42 Å². The van der Waals surface area contributed by atoms with Crippen molar-refractivity contribution < 1.29 is 59.1 Å². The molecule has 0 unspecified atom stereocenters. The maximum Gasteiger partial charge on any atom is 0.186 e. The highest BCUT2D eigenvalue weighted by atomic mass is 16.7. The molecule has 0 aliphatic carbocycles. The van der Waals surface area contributed by atoms with Gasteiger partial charge >= 0.3 is 0 Å². The lowest BCUT2D eigenvalue weighted by molar-refractivity contribution is -0.302. The van der Waals surface area contributed by atoms with Crippen LogP contribution >= 0.6 is 0 Å². The molecule has 0 aromatic carbocycles. The summed E-state index contributed by atoms with van der Waals surface area (Å²) in [6.45, 7) is 3.75. The van der Waals surface area contributed by atoms with Gasteiger partial charge in [-0.3, -0.25) is 0 Å². The van der Waals surface area contributed by atoms with Gasteiger partial charge in [-0.15, -0.1) is 0 Å². The molecule has 5 atom stereocenters. The quantitative estimate of drug-likeness (QED) is 0.0585. The number of ether oxygens (including phenoxy) is 6. The molecule has 0 saturated carbocycles. The van der Waals surface area contributed by atoms with Crippen LogP contribution in [-0.2, 0) is 28.4 Å². The lowest BCUT2D eigenvalue weighted by Crippen LogP contribution is -2.59. The molecule has 1 heterocycles. The summed E-state index contributed by atoms with van der Waals surface area (Å²) in [5.41, 5.74) is -0.847. The van der Waals surface area contributed by atoms with Crippen LogP contribution in [0.2, 0.25) is 0 Å². The van der Waals surface area contributed by atoms with Crippen molar-refractivity contribution in [2.75, 3.05) is 79.3 Å². The molecule has 12 nitrogen and oxygen atoms in total. The molecule has 1 aliphatic heterocycles. The van der Waals surface area contributed by atoms with Crippen molar-refractivity contribution in [3.05, 3.63) is 0 Å². The monoisotopic (exact) mass is 654 g/mol. The summed E-state index contributed by atoms with van der Waals surface area (Å²) in [6, 6.07) is 0. The summed E-state index contributed by atoms with van der Waals surface area (Å²) < 4.78 is 32.9. The zero-order valence-electron chi connectivity index (χ0n) is 27.9. The van der Waals surface area contributed by atoms with E-state index in [4.69, 9.17) is 28.4 Å². The van der Waals surface area contributed by atoms with Crippen LogP contribution in [-0.4, -0.2) is 141 Å². The highest BCUT2D eigenvalue weighted by Crippen LogP contribution is 2.22. The third-order valence-corrected chi connectivity index (χ3v) is 8.23. The van der Waals surface area contributed by atoms with Crippen LogP contribution in [0.4, 0.5) is 0 Å². The Morgan fingerprint density at radius 1 is 0.511 bits per heavy atom. The average Bonchev–Trinajstić information content (AvgIpc) is 3.06. The van der Waals surface area contributed by atoms with Crippen LogP contribution in [0.3, 0.4) is 0 Å². The molecule has 6 N–H and O–H groups in total. The van der Waals surface area contributed by atoms with Crippen molar-refractivity contribution in [2.45, 2.75) is 128 Å². The van der Waals surface area contributed by atoms with E-state index in [-0.39, 0.29) is 39.6 Å². The zero-order valence-corrected chi connectivity index (χ0v) is 27.9. The van der Waals surface area contributed by atoms with Crippen LogP contribution in [0.15, 0.2) is 0 Å². The molecular weight excluding hydrogens is 588 g/mol. The minimum Gasteiger partial charge on any atom is -0.396 e. The molecule has 12 heteroatoms. The number of unbranched alkanes of at least 4 members (excludes halogenated alkanes) is 13. The van der Waals surface area contributed by atoms with Crippen LogP contribution in [0, 0.1) is 5.41 Å². The van der Waals surface area contributed by atoms with Gasteiger partial charge in [0.25, 0.3) is 0 Å². The SMILES string of the molecule is CCCCCCCCCCCCCCCCOCC(CO)(CO)COCCOCCOCCO[C@H]1O[C@H](CO)[C@@H](O)[C@H](O)[C@@H]1O. The summed E-state index contributed by atoms with van der Waals surface area (Å²) in [5.74, 6) is 0. The molecular formula is C33H66O12. The Labute approximate surface area is 271 Å². The van der Waals surface area contributed by atoms with Crippen LogP contribution in [0.5, 0.6) is 0 Å². The summed E-state index contributed by atoms with van der Waals surface area (Å²) >= 11 is 0. The van der Waals surface area contributed by atoms with E-state index in [1.807, 2.05) is 0 Å². The molecule has 1 aliphatic rings. The van der Waals surface area contributed by atoms with Crippen molar-refractivity contribution in [1.82, 2.24) is 0 Å². The maximum absolute atomic E-state index is 9.94. The molecule has 0 amide bonds. The molecule has 270 valence electrons. The fourth-order valence-electron chi connectivity index (χ4n) is 5.12. The fourth-order valence-corrected chi connectivity index (χ4v) is 5.12. The summed E-state index contributed by atoms with van der Waals surface area (Å²) in [6.07, 6.45) is 11.7. The lowest BCUT2D eigenvalue weighted by Gasteiger charge is -2.39. The third-order valence-electron chi connectivity index (χ3n) is 8.23. The highest BCUT2D eigenvalue weighted by Gasteiger charge is 2.43. The van der Waals surface area contributed by atoms with E-state index < -0.39 is 42.7 Å². The Hall–Kier alpha value is -0.480. The van der Waals surface area contributed by atoms with Gasteiger partial charge in [0.2, 0.25) is 0 Å². The Balaban J connectivity index is 1.95. The number of hydrogen-bond acceptors (Lipinski definition) is 12. The summed E-state index contributed by atoms with van der Waals surface area (Å²) in [5, 5.41) is 58.4. The van der Waals surface area contributed by atoms with E-state index in [0.717, 1.165) is 12.8 Å². The molecule has 1 fully saturated rings. The Morgan fingerprint density at radius 3 is 1.44 bits per heavy atom. The van der Waals surface area contributed by atoms with Gasteiger partial charge in [0.1, 0.15) is 24.4 Å². The van der Waals surface area contributed by atoms with Crippen LogP contribution < -0.4 is 0 Å². The first-order chi connectivity index (χ1) is 21.9. The summed E-state index contributed by atoms with van der Waals surface area (Å²) in [7, 11) is 0. The molecule has 0 bridgehead atoms. The normalized spacial score (nSPS) is 22.3. The maximum atomic E-state index is 9.94. The largest absolute Gasteiger partial charge is 0.396 e. The predicted octanol–water partition coefficient (Wildman–Crippen LogP) is 2.32. The van der Waals surface area contributed by atoms with E-state index in [1.54, 1.807) is 0 Å². The Morgan fingerprint density at radius 2 is 0.956 bits per heavy atom. The van der Waals surface area contributed by atoms with E-state index in [0.29, 0.717) is 33.0 Å². The van der Waals surface area contributed by atoms with E-state index >= 15 is 0 Å². The molecule has 1 saturated heterocycles. The molecule has 0 aromatic heterocycles. The minimum absolute atomic E-state index is 0.0671. The number of aliphatic hydroxyl groups is 6. The fraction of sp³-hybridized carbons (Fsp3) is 1.00. The van der Waals surface area contributed by atoms with Crippen molar-refractivity contribution in [3.63, 3.8) is 0 Å². The van der Waals surface area contributed by atoms with Gasteiger partial charge in [-0.1, -0.05) is 90.4 Å². The summed E-state index contributed by atoms with van der Waals surface area (Å²) in [4.78, 5) is 0. The van der Waals surface area contributed by atoms with Gasteiger partial charge in [0.15, 0.2) is 6.29 Å². The number of aliphatic hydroxyl groups excluding tert-OH is 6. The third kappa shape index (κ3) is 19.8. The van der Waals surface area contributed by atoms with Gasteiger partial charge < -0.3 is 59.1 Å². The van der Waals surface area contributed by atoms with Gasteiger partial charge in [-0.2, -0.15) is 0 Å². The molecule has 0 radical (unpaired) electrons. The van der Waals surface area contributed by atoms with E-state index in [1.165, 1.54) is 77.0 Å². The molecule has 0 aromatic rings. The second-order valence-corrected chi connectivity index (χ2v) is 12.3. The van der Waals surface area contributed by atoms with Crippen molar-refractivity contribution in [1.29, 1.82) is 0 Å². The second kappa shape index (κ2) is 28.5. The average molecular weight is 655 g/mol. The van der Waals surface area contributed by atoms with Gasteiger partial charge in [-0.25, -0.2) is 0 Å². The first-order valence-electron chi connectivity index (χ1n) is 17.4. The first kappa shape index (κ1) is 42.5. The standard InChI is InChI=1S/C33H66O12/c1-2-3-4-5-6-7-8-9-10-11-12-13-14-15-16-42-26-33(24-35,25-36)27-43-20-19-40-17-18-41-21-22-44-32-31(39)30(38)29(37)28(23-34)45-32/h28-32,34-39H,2-27H2,1H3/t28-,29-,30+,31+,32+/m1/s1. The number of hydrogen-bond donors (Lipinski definition) is 6. The minimum atomic E-state index is -1.48. The number of rotatable bonds is 32. The predicted molar refractivity (Wildman–Crippen MR) is 170 cm³/mol. The van der Waals surface area contributed by atoms with Gasteiger partial charge in [0.05, 0.1) is 78.1 Å². The van der Waals surface area contributed by atoms with E-state index in [2.05, 4.69) is 6.92 Å². The highest BCUT2D eigenvalue weighted by molar-refractivity contribution is 4.88. The lowest BCUT2D eigenvalue weighted by atomic mass is 9.92. The van der Waals surface area contributed by atoms with E-state index in [9.17, 15) is 30.6 Å². The topological polar surface area (TPSA) is 177 Å². The van der Waals surface area contributed by atoms with Crippen LogP contribution in [0.25, 0.3) is 0 Å². The Bertz CT molecular complexity index is 637. The van der Waals surface area contributed by atoms with Crippen LogP contribution in [0.1, 0.15) is 96.8 Å².